The van der Waals surface area contributed by atoms with Crippen molar-refractivity contribution in [1.82, 2.24) is 9.97 Å². The first-order valence-electron chi connectivity index (χ1n) is 9.84. The Bertz CT molecular complexity index is 993. The highest BCUT2D eigenvalue weighted by Gasteiger charge is 2.26. The maximum atomic E-state index is 12.0. The van der Waals surface area contributed by atoms with Crippen molar-refractivity contribution in [2.24, 2.45) is 17.4 Å². The van der Waals surface area contributed by atoms with E-state index in [-0.39, 0.29) is 6.61 Å². The Labute approximate surface area is 172 Å². The molecule has 0 saturated carbocycles. The predicted molar refractivity (Wildman–Crippen MR) is 113 cm³/mol. The van der Waals surface area contributed by atoms with Crippen LogP contribution >= 0.6 is 11.3 Å². The van der Waals surface area contributed by atoms with Gasteiger partial charge in [0.2, 0.25) is 5.95 Å². The molecule has 0 aliphatic carbocycles. The second-order valence-corrected chi connectivity index (χ2v) is 8.32. The van der Waals surface area contributed by atoms with E-state index in [1.807, 2.05) is 6.07 Å². The number of hydrogen-bond acceptors (Lipinski definition) is 8. The van der Waals surface area contributed by atoms with E-state index in [2.05, 4.69) is 4.90 Å². The second kappa shape index (κ2) is 8.48. The van der Waals surface area contributed by atoms with Crippen LogP contribution in [-0.2, 0) is 6.42 Å². The number of rotatable bonds is 7. The third kappa shape index (κ3) is 3.85. The van der Waals surface area contributed by atoms with E-state index in [9.17, 15) is 9.90 Å². The molecule has 0 unspecified atom stereocenters. The van der Waals surface area contributed by atoms with E-state index in [4.69, 9.17) is 25.9 Å². The summed E-state index contributed by atoms with van der Waals surface area (Å²) in [5.74, 6) is 0.710. The highest BCUT2D eigenvalue weighted by atomic mass is 32.1. The SMILES string of the molecule is NCCc1c(C(N)=O)sc2nc(N3CCC(CCO)CC3)nc(-c3ccoc3)c12. The molecular weight excluding hydrogens is 390 g/mol. The van der Waals surface area contributed by atoms with Gasteiger partial charge in [-0.2, -0.15) is 0 Å². The number of nitrogens with zero attached hydrogens (tertiary/aromatic N) is 3. The van der Waals surface area contributed by atoms with Crippen LogP contribution in [0.15, 0.2) is 23.0 Å². The number of hydrogen-bond donors (Lipinski definition) is 3. The van der Waals surface area contributed by atoms with Crippen molar-refractivity contribution in [3.63, 3.8) is 0 Å². The van der Waals surface area contributed by atoms with Crippen LogP contribution in [0.2, 0.25) is 0 Å². The first kappa shape index (κ1) is 19.8. The Morgan fingerprint density at radius 2 is 2.14 bits per heavy atom. The first-order valence-corrected chi connectivity index (χ1v) is 10.7. The number of amides is 1. The van der Waals surface area contributed by atoms with Crippen LogP contribution in [0.4, 0.5) is 5.95 Å². The van der Waals surface area contributed by atoms with Crippen LogP contribution in [0, 0.1) is 5.92 Å². The Hall–Kier alpha value is -2.49. The van der Waals surface area contributed by atoms with Crippen molar-refractivity contribution >= 4 is 33.4 Å². The monoisotopic (exact) mass is 415 g/mol. The molecule has 1 aliphatic rings. The van der Waals surface area contributed by atoms with Crippen LogP contribution in [0.3, 0.4) is 0 Å². The Balaban J connectivity index is 1.81. The van der Waals surface area contributed by atoms with E-state index >= 15 is 0 Å². The summed E-state index contributed by atoms with van der Waals surface area (Å²) in [5.41, 5.74) is 13.8. The number of nitrogens with two attached hydrogens (primary N) is 2. The smallest absolute Gasteiger partial charge is 0.259 e. The molecule has 4 heterocycles. The van der Waals surface area contributed by atoms with Crippen LogP contribution in [0.5, 0.6) is 0 Å². The van der Waals surface area contributed by atoms with E-state index in [0.29, 0.717) is 29.7 Å². The molecule has 9 heteroatoms. The number of aliphatic hydroxyl groups is 1. The number of carbonyl (C=O) groups excluding carboxylic acids is 1. The molecular formula is C20H25N5O3S. The maximum Gasteiger partial charge on any atom is 0.259 e. The molecule has 1 aliphatic heterocycles. The molecule has 0 spiro atoms. The van der Waals surface area contributed by atoms with E-state index < -0.39 is 5.91 Å². The van der Waals surface area contributed by atoms with Crippen molar-refractivity contribution in [3.8, 4) is 11.3 Å². The molecule has 1 amide bonds. The molecule has 5 N–H and O–H groups in total. The molecule has 8 nitrogen and oxygen atoms in total. The number of aliphatic hydroxyl groups excluding tert-OH is 1. The van der Waals surface area contributed by atoms with Gasteiger partial charge in [-0.1, -0.05) is 0 Å². The minimum absolute atomic E-state index is 0.229. The number of aromatic nitrogens is 2. The Morgan fingerprint density at radius 3 is 2.76 bits per heavy atom. The van der Waals surface area contributed by atoms with Gasteiger partial charge in [-0.05, 0) is 49.8 Å². The van der Waals surface area contributed by atoms with Gasteiger partial charge in [0.15, 0.2) is 0 Å². The Kier molecular flexibility index (Phi) is 5.79. The third-order valence-corrected chi connectivity index (χ3v) is 6.63. The molecule has 0 atom stereocenters. The van der Waals surface area contributed by atoms with Crippen LogP contribution in [0.25, 0.3) is 21.5 Å². The molecule has 29 heavy (non-hydrogen) atoms. The highest BCUT2D eigenvalue weighted by molar-refractivity contribution is 7.20. The summed E-state index contributed by atoms with van der Waals surface area (Å²) in [4.78, 5) is 25.1. The van der Waals surface area contributed by atoms with Crippen LogP contribution in [0.1, 0.15) is 34.5 Å². The molecule has 0 radical (unpaired) electrons. The molecule has 4 rings (SSSR count). The summed E-state index contributed by atoms with van der Waals surface area (Å²) in [6.45, 7) is 2.30. The number of primary amides is 1. The number of fused-ring (bicyclic) bond motifs is 1. The summed E-state index contributed by atoms with van der Waals surface area (Å²) in [5, 5.41) is 10.0. The minimum atomic E-state index is -0.471. The van der Waals surface area contributed by atoms with E-state index in [1.165, 1.54) is 11.3 Å². The van der Waals surface area contributed by atoms with Gasteiger partial charge in [-0.15, -0.1) is 11.3 Å². The number of anilines is 1. The van der Waals surface area contributed by atoms with Gasteiger partial charge in [-0.3, -0.25) is 4.79 Å². The summed E-state index contributed by atoms with van der Waals surface area (Å²) in [6, 6.07) is 1.85. The average Bonchev–Trinajstić information content (AvgIpc) is 3.37. The molecule has 1 fully saturated rings. The molecule has 1 saturated heterocycles. The molecule has 3 aromatic heterocycles. The van der Waals surface area contributed by atoms with Gasteiger partial charge in [-0.25, -0.2) is 9.97 Å². The lowest BCUT2D eigenvalue weighted by atomic mass is 9.94. The van der Waals surface area contributed by atoms with Gasteiger partial charge in [0.05, 0.1) is 23.1 Å². The summed E-state index contributed by atoms with van der Waals surface area (Å²) < 4.78 is 5.29. The zero-order chi connectivity index (χ0) is 20.4. The van der Waals surface area contributed by atoms with Crippen LogP contribution in [-0.4, -0.2) is 47.2 Å². The fourth-order valence-electron chi connectivity index (χ4n) is 3.98. The van der Waals surface area contributed by atoms with Crippen molar-refractivity contribution in [2.45, 2.75) is 25.7 Å². The number of thiophene rings is 1. The van der Waals surface area contributed by atoms with Crippen molar-refractivity contribution in [3.05, 3.63) is 29.0 Å². The third-order valence-electron chi connectivity index (χ3n) is 5.49. The standard InChI is InChI=1S/C20H25N5O3S/c21-6-1-14-15-16(13-5-10-28-11-13)23-20(24-19(15)29-17(14)18(22)27)25-7-2-12(3-8-25)4-9-26/h5,10-12,26H,1-4,6-9,21H2,(H2,22,27). The largest absolute Gasteiger partial charge is 0.472 e. The lowest BCUT2D eigenvalue weighted by Crippen LogP contribution is -2.35. The zero-order valence-corrected chi connectivity index (χ0v) is 17.0. The zero-order valence-electron chi connectivity index (χ0n) is 16.1. The van der Waals surface area contributed by atoms with E-state index in [0.717, 1.165) is 59.4 Å². The highest BCUT2D eigenvalue weighted by Crippen LogP contribution is 2.38. The first-order chi connectivity index (χ1) is 14.1. The average molecular weight is 416 g/mol. The van der Waals surface area contributed by atoms with Gasteiger partial charge < -0.3 is 25.9 Å². The fraction of sp³-hybridized carbons (Fsp3) is 0.450. The maximum absolute atomic E-state index is 12.0. The van der Waals surface area contributed by atoms with E-state index in [1.54, 1.807) is 12.5 Å². The molecule has 0 bridgehead atoms. The lowest BCUT2D eigenvalue weighted by molar-refractivity contribution is 0.100. The van der Waals surface area contributed by atoms with Gasteiger partial charge in [0, 0.05) is 30.6 Å². The minimum Gasteiger partial charge on any atom is -0.472 e. The lowest BCUT2D eigenvalue weighted by Gasteiger charge is -2.32. The summed E-state index contributed by atoms with van der Waals surface area (Å²) in [6.07, 6.45) is 6.61. The van der Waals surface area contributed by atoms with Crippen molar-refractivity contribution in [1.29, 1.82) is 0 Å². The number of furan rings is 1. The van der Waals surface area contributed by atoms with Crippen molar-refractivity contribution in [2.75, 3.05) is 31.1 Å². The molecule has 154 valence electrons. The Morgan fingerprint density at radius 1 is 1.34 bits per heavy atom. The second-order valence-electron chi connectivity index (χ2n) is 7.32. The molecule has 3 aromatic rings. The number of carbonyl (C=O) groups is 1. The van der Waals surface area contributed by atoms with Crippen molar-refractivity contribution < 1.29 is 14.3 Å². The predicted octanol–water partition coefficient (Wildman–Crippen LogP) is 2.15. The topological polar surface area (TPSA) is 132 Å². The van der Waals surface area contributed by atoms with Crippen LogP contribution < -0.4 is 16.4 Å². The number of piperidine rings is 1. The molecule has 0 aromatic carbocycles. The van der Waals surface area contributed by atoms with Gasteiger partial charge >= 0.3 is 0 Å². The summed E-state index contributed by atoms with van der Waals surface area (Å²) >= 11 is 1.30. The summed E-state index contributed by atoms with van der Waals surface area (Å²) in [7, 11) is 0. The van der Waals surface area contributed by atoms with Gasteiger partial charge in [0.1, 0.15) is 4.83 Å². The fourth-order valence-corrected chi connectivity index (χ4v) is 5.05. The normalized spacial score (nSPS) is 15.3. The van der Waals surface area contributed by atoms with Gasteiger partial charge in [0.25, 0.3) is 5.91 Å². The quantitative estimate of drug-likeness (QED) is 0.539.